The number of carbonyl (C=O) groups excluding carboxylic acids is 2. The van der Waals surface area contributed by atoms with Crippen molar-refractivity contribution in [1.29, 1.82) is 0 Å². The average Bonchev–Trinajstić information content (AvgIpc) is 2.69. The third kappa shape index (κ3) is 4.78. The van der Waals surface area contributed by atoms with Crippen molar-refractivity contribution in [2.24, 2.45) is 0 Å². The van der Waals surface area contributed by atoms with Crippen LogP contribution < -0.4 is 5.32 Å². The Morgan fingerprint density at radius 3 is 2.32 bits per heavy atom. The second-order valence-corrected chi connectivity index (χ2v) is 7.65. The minimum Gasteiger partial charge on any atom is -0.444 e. The van der Waals surface area contributed by atoms with E-state index in [0.717, 1.165) is 14.7 Å². The molecule has 5 heteroatoms. The molecule has 0 saturated heterocycles. The molecule has 0 fully saturated rings. The lowest BCUT2D eigenvalue weighted by Gasteiger charge is -2.19. The Bertz CT molecular complexity index is 1000. The van der Waals surface area contributed by atoms with E-state index in [0.29, 0.717) is 16.8 Å². The van der Waals surface area contributed by atoms with Gasteiger partial charge in [-0.2, -0.15) is 0 Å². The Hall–Kier alpha value is -2.67. The van der Waals surface area contributed by atoms with Crippen LogP contribution in [0.25, 0.3) is 0 Å². The first kappa shape index (κ1) is 20.1. The van der Waals surface area contributed by atoms with Crippen molar-refractivity contribution >= 4 is 40.2 Å². The summed E-state index contributed by atoms with van der Waals surface area (Å²) >= 11 is 2.08. The molecule has 1 amide bonds. The van der Waals surface area contributed by atoms with Gasteiger partial charge in [0.2, 0.25) is 6.10 Å². The number of amides is 1. The summed E-state index contributed by atoms with van der Waals surface area (Å²) in [6.45, 7) is 3.88. The van der Waals surface area contributed by atoms with Gasteiger partial charge in [0.25, 0.3) is 5.91 Å². The van der Waals surface area contributed by atoms with E-state index in [1.165, 1.54) is 0 Å². The molecule has 3 rings (SSSR count). The minimum absolute atomic E-state index is 0.390. The zero-order valence-corrected chi connectivity index (χ0v) is 17.8. The Balaban J connectivity index is 1.89. The number of carbonyl (C=O) groups is 2. The zero-order chi connectivity index (χ0) is 20.1. The standard InChI is InChI=1S/C23H20INO3/c1-15-12-13-16(2)20(14-15)25-22(26)21(17-8-4-3-5-9-17)28-23(27)18-10-6-7-11-19(18)24/h3-14,21H,1-2H3,(H,25,26). The van der Waals surface area contributed by atoms with Crippen LogP contribution in [0.15, 0.2) is 72.8 Å². The molecule has 0 aliphatic carbocycles. The van der Waals surface area contributed by atoms with Crippen molar-refractivity contribution < 1.29 is 14.3 Å². The molecule has 0 aromatic heterocycles. The molecule has 28 heavy (non-hydrogen) atoms. The molecule has 3 aromatic rings. The summed E-state index contributed by atoms with van der Waals surface area (Å²) < 4.78 is 6.42. The first-order chi connectivity index (χ1) is 13.5. The van der Waals surface area contributed by atoms with Crippen LogP contribution in [0.2, 0.25) is 0 Å². The molecule has 3 aromatic carbocycles. The highest BCUT2D eigenvalue weighted by Crippen LogP contribution is 2.24. The van der Waals surface area contributed by atoms with E-state index in [9.17, 15) is 9.59 Å². The van der Waals surface area contributed by atoms with E-state index in [1.807, 2.05) is 62.4 Å². The fraction of sp³-hybridized carbons (Fsp3) is 0.130. The molecule has 0 bridgehead atoms. The van der Waals surface area contributed by atoms with Crippen LogP contribution in [0.3, 0.4) is 0 Å². The highest BCUT2D eigenvalue weighted by Gasteiger charge is 2.26. The van der Waals surface area contributed by atoms with Crippen molar-refractivity contribution in [3.63, 3.8) is 0 Å². The lowest BCUT2D eigenvalue weighted by atomic mass is 10.1. The fourth-order valence-corrected chi connectivity index (χ4v) is 3.37. The fourth-order valence-electron chi connectivity index (χ4n) is 2.77. The highest BCUT2D eigenvalue weighted by molar-refractivity contribution is 14.1. The Labute approximate surface area is 178 Å². The van der Waals surface area contributed by atoms with Gasteiger partial charge in [0.15, 0.2) is 0 Å². The molecular weight excluding hydrogens is 465 g/mol. The van der Waals surface area contributed by atoms with E-state index in [4.69, 9.17) is 4.74 Å². The molecule has 0 saturated carbocycles. The van der Waals surface area contributed by atoms with E-state index >= 15 is 0 Å². The molecule has 142 valence electrons. The summed E-state index contributed by atoms with van der Waals surface area (Å²) in [5, 5.41) is 2.90. The second-order valence-electron chi connectivity index (χ2n) is 6.48. The van der Waals surface area contributed by atoms with Crippen LogP contribution in [-0.2, 0) is 9.53 Å². The van der Waals surface area contributed by atoms with Crippen molar-refractivity contribution in [1.82, 2.24) is 0 Å². The van der Waals surface area contributed by atoms with Crippen LogP contribution in [-0.4, -0.2) is 11.9 Å². The molecule has 0 radical (unpaired) electrons. The highest BCUT2D eigenvalue weighted by atomic mass is 127. The van der Waals surface area contributed by atoms with Gasteiger partial charge in [-0.25, -0.2) is 4.79 Å². The van der Waals surface area contributed by atoms with Gasteiger partial charge in [0.1, 0.15) is 0 Å². The van der Waals surface area contributed by atoms with Crippen LogP contribution in [0, 0.1) is 17.4 Å². The van der Waals surface area contributed by atoms with E-state index < -0.39 is 12.1 Å². The van der Waals surface area contributed by atoms with E-state index in [1.54, 1.807) is 24.3 Å². The molecule has 0 spiro atoms. The SMILES string of the molecule is Cc1ccc(C)c(NC(=O)C(OC(=O)c2ccccc2I)c2ccccc2)c1. The summed E-state index contributed by atoms with van der Waals surface area (Å²) in [5.74, 6) is -0.922. The van der Waals surface area contributed by atoms with Gasteiger partial charge < -0.3 is 10.1 Å². The summed E-state index contributed by atoms with van der Waals surface area (Å²) in [7, 11) is 0. The number of aryl methyl sites for hydroxylation is 2. The molecule has 1 unspecified atom stereocenters. The van der Waals surface area contributed by atoms with Gasteiger partial charge in [-0.3, -0.25) is 4.79 Å². The number of rotatable bonds is 5. The van der Waals surface area contributed by atoms with E-state index in [2.05, 4.69) is 27.9 Å². The van der Waals surface area contributed by atoms with Crippen LogP contribution in [0.5, 0.6) is 0 Å². The lowest BCUT2D eigenvalue weighted by molar-refractivity contribution is -0.125. The number of hydrogen-bond acceptors (Lipinski definition) is 3. The predicted octanol–water partition coefficient (Wildman–Crippen LogP) is 5.44. The van der Waals surface area contributed by atoms with Crippen LogP contribution in [0.1, 0.15) is 33.2 Å². The van der Waals surface area contributed by atoms with Gasteiger partial charge in [-0.1, -0.05) is 54.6 Å². The first-order valence-corrected chi connectivity index (χ1v) is 9.92. The summed E-state index contributed by atoms with van der Waals surface area (Å²) in [6.07, 6.45) is -1.05. The third-order valence-electron chi connectivity index (χ3n) is 4.31. The normalized spacial score (nSPS) is 11.5. The van der Waals surface area contributed by atoms with Crippen LogP contribution in [0.4, 0.5) is 5.69 Å². The average molecular weight is 485 g/mol. The van der Waals surface area contributed by atoms with Gasteiger partial charge in [-0.05, 0) is 65.8 Å². The van der Waals surface area contributed by atoms with Gasteiger partial charge >= 0.3 is 5.97 Å². The number of hydrogen-bond donors (Lipinski definition) is 1. The summed E-state index contributed by atoms with van der Waals surface area (Å²) in [4.78, 5) is 25.8. The van der Waals surface area contributed by atoms with Crippen LogP contribution >= 0.6 is 22.6 Å². The maximum Gasteiger partial charge on any atom is 0.340 e. The first-order valence-electron chi connectivity index (χ1n) is 8.84. The number of halogens is 1. The Morgan fingerprint density at radius 2 is 1.61 bits per heavy atom. The molecule has 1 N–H and O–H groups in total. The molecule has 1 atom stereocenters. The maximum absolute atomic E-state index is 13.0. The molecular formula is C23H20INO3. The second kappa shape index (κ2) is 9.01. The number of benzene rings is 3. The smallest absolute Gasteiger partial charge is 0.340 e. The van der Waals surface area contributed by atoms with E-state index in [-0.39, 0.29) is 5.91 Å². The summed E-state index contributed by atoms with van der Waals surface area (Å²) in [6, 6.07) is 22.0. The molecule has 0 heterocycles. The van der Waals surface area contributed by atoms with Crippen molar-refractivity contribution in [3.05, 3.63) is 98.6 Å². The Morgan fingerprint density at radius 1 is 0.929 bits per heavy atom. The Kier molecular flexibility index (Phi) is 6.46. The quantitative estimate of drug-likeness (QED) is 0.387. The minimum atomic E-state index is -1.05. The van der Waals surface area contributed by atoms with Gasteiger partial charge in [0, 0.05) is 14.8 Å². The van der Waals surface area contributed by atoms with Crippen molar-refractivity contribution in [2.75, 3.05) is 5.32 Å². The number of nitrogens with one attached hydrogen (secondary N) is 1. The molecule has 0 aliphatic rings. The number of esters is 1. The molecule has 0 aliphatic heterocycles. The van der Waals surface area contributed by atoms with Crippen molar-refractivity contribution in [3.8, 4) is 0 Å². The zero-order valence-electron chi connectivity index (χ0n) is 15.6. The van der Waals surface area contributed by atoms with Gasteiger partial charge in [-0.15, -0.1) is 0 Å². The summed E-state index contributed by atoms with van der Waals surface area (Å²) in [5.41, 5.74) is 3.73. The lowest BCUT2D eigenvalue weighted by Crippen LogP contribution is -2.26. The monoisotopic (exact) mass is 485 g/mol. The van der Waals surface area contributed by atoms with Crippen molar-refractivity contribution in [2.45, 2.75) is 20.0 Å². The van der Waals surface area contributed by atoms with Gasteiger partial charge in [0.05, 0.1) is 5.56 Å². The third-order valence-corrected chi connectivity index (χ3v) is 5.25. The topological polar surface area (TPSA) is 55.4 Å². The maximum atomic E-state index is 13.0. The number of anilines is 1. The predicted molar refractivity (Wildman–Crippen MR) is 118 cm³/mol. The number of ether oxygens (including phenoxy) is 1. The molecule has 4 nitrogen and oxygen atoms in total. The largest absolute Gasteiger partial charge is 0.444 e.